The Morgan fingerprint density at radius 1 is 1.47 bits per heavy atom. The van der Waals surface area contributed by atoms with E-state index in [1.54, 1.807) is 18.2 Å². The van der Waals surface area contributed by atoms with E-state index < -0.39 is 0 Å². The van der Waals surface area contributed by atoms with Gasteiger partial charge in [-0.2, -0.15) is 0 Å². The van der Waals surface area contributed by atoms with Gasteiger partial charge in [0.15, 0.2) is 0 Å². The summed E-state index contributed by atoms with van der Waals surface area (Å²) in [4.78, 5) is 11.4. The van der Waals surface area contributed by atoms with Gasteiger partial charge in [0.2, 0.25) is 0 Å². The van der Waals surface area contributed by atoms with Crippen molar-refractivity contribution < 1.29 is 9.53 Å². The fourth-order valence-corrected chi connectivity index (χ4v) is 1.70. The minimum Gasteiger partial charge on any atom is -0.489 e. The highest BCUT2D eigenvalue weighted by Crippen LogP contribution is 2.15. The van der Waals surface area contributed by atoms with E-state index in [0.717, 1.165) is 12.8 Å². The second-order valence-electron chi connectivity index (χ2n) is 4.13. The quantitative estimate of drug-likeness (QED) is 0.396. The van der Waals surface area contributed by atoms with E-state index in [0.29, 0.717) is 17.9 Å². The molecule has 0 saturated heterocycles. The first-order valence-corrected chi connectivity index (χ1v) is 6.30. The Balaban J connectivity index is 2.66. The normalized spacial score (nSPS) is 11.0. The van der Waals surface area contributed by atoms with Gasteiger partial charge in [-0.05, 0) is 36.4 Å². The summed E-state index contributed by atoms with van der Waals surface area (Å²) in [5.74, 6) is 5.42. The number of hydrazine groups is 1. The van der Waals surface area contributed by atoms with E-state index in [-0.39, 0.29) is 5.91 Å². The monoisotopic (exact) mass is 263 g/mol. The van der Waals surface area contributed by atoms with Crippen LogP contribution in [0.5, 0.6) is 5.75 Å². The molecule has 0 aromatic heterocycles. The largest absolute Gasteiger partial charge is 0.489 e. The van der Waals surface area contributed by atoms with Crippen LogP contribution in [0.3, 0.4) is 0 Å². The smallest absolute Gasteiger partial charge is 0.265 e. The molecule has 0 aliphatic heterocycles. The molecule has 0 bridgehead atoms. The van der Waals surface area contributed by atoms with E-state index in [9.17, 15) is 4.79 Å². The summed E-state index contributed by atoms with van der Waals surface area (Å²) in [6.07, 6.45) is 3.98. The lowest BCUT2D eigenvalue weighted by Crippen LogP contribution is -2.29. The van der Waals surface area contributed by atoms with Crippen LogP contribution < -0.4 is 21.3 Å². The maximum Gasteiger partial charge on any atom is 0.265 e. The molecular weight excluding hydrogens is 242 g/mol. The topological polar surface area (TPSA) is 76.4 Å². The number of ether oxygens (including phenoxy) is 1. The molecule has 0 atom stereocenters. The van der Waals surface area contributed by atoms with Crippen LogP contribution in [0, 0.1) is 0 Å². The van der Waals surface area contributed by atoms with Crippen molar-refractivity contribution >= 4 is 5.91 Å². The minimum absolute atomic E-state index is 0.329. The zero-order valence-electron chi connectivity index (χ0n) is 11.4. The fourth-order valence-electron chi connectivity index (χ4n) is 1.70. The third-order valence-corrected chi connectivity index (χ3v) is 2.57. The number of hydrogen-bond acceptors (Lipinski definition) is 4. The average Bonchev–Trinajstić information content (AvgIpc) is 2.44. The van der Waals surface area contributed by atoms with Crippen LogP contribution >= 0.6 is 0 Å². The summed E-state index contributed by atoms with van der Waals surface area (Å²) in [7, 11) is 1.86. The number of carbonyl (C=O) groups is 1. The molecule has 19 heavy (non-hydrogen) atoms. The van der Waals surface area contributed by atoms with Crippen molar-refractivity contribution in [2.45, 2.75) is 19.8 Å². The molecule has 5 heteroatoms. The first-order chi connectivity index (χ1) is 9.21. The van der Waals surface area contributed by atoms with Crippen LogP contribution in [0.25, 0.3) is 0 Å². The lowest BCUT2D eigenvalue weighted by Gasteiger charge is -2.10. The molecule has 0 unspecified atom stereocenters. The molecule has 5 nitrogen and oxygen atoms in total. The molecule has 0 radical (unpaired) electrons. The number of rotatable bonds is 7. The van der Waals surface area contributed by atoms with Crippen molar-refractivity contribution in [2.24, 2.45) is 5.84 Å². The van der Waals surface area contributed by atoms with Gasteiger partial charge in [-0.15, -0.1) is 0 Å². The van der Waals surface area contributed by atoms with Gasteiger partial charge in [0.05, 0.1) is 0 Å². The highest BCUT2D eigenvalue weighted by molar-refractivity contribution is 5.94. The summed E-state index contributed by atoms with van der Waals surface area (Å²) in [5.41, 5.74) is 3.76. The predicted molar refractivity (Wildman–Crippen MR) is 75.6 cm³/mol. The Hall–Kier alpha value is -2.01. The van der Waals surface area contributed by atoms with Gasteiger partial charge in [-0.3, -0.25) is 10.2 Å². The average molecular weight is 263 g/mol. The van der Waals surface area contributed by atoms with Crippen LogP contribution in [0.4, 0.5) is 0 Å². The van der Waals surface area contributed by atoms with Gasteiger partial charge >= 0.3 is 0 Å². The molecule has 0 saturated carbocycles. The first-order valence-electron chi connectivity index (χ1n) is 6.30. The maximum absolute atomic E-state index is 11.4. The van der Waals surface area contributed by atoms with Gasteiger partial charge in [0, 0.05) is 12.6 Å². The van der Waals surface area contributed by atoms with Crippen molar-refractivity contribution in [1.82, 2.24) is 10.7 Å². The van der Waals surface area contributed by atoms with Crippen molar-refractivity contribution in [1.29, 1.82) is 0 Å². The molecule has 1 amide bonds. The third kappa shape index (κ3) is 5.01. The second-order valence-corrected chi connectivity index (χ2v) is 4.13. The van der Waals surface area contributed by atoms with E-state index in [1.807, 2.05) is 19.3 Å². The zero-order valence-corrected chi connectivity index (χ0v) is 11.4. The van der Waals surface area contributed by atoms with Crippen LogP contribution in [-0.4, -0.2) is 19.6 Å². The van der Waals surface area contributed by atoms with E-state index in [1.165, 1.54) is 5.57 Å². The summed E-state index contributed by atoms with van der Waals surface area (Å²) >= 11 is 0. The summed E-state index contributed by atoms with van der Waals surface area (Å²) in [6.45, 7) is 2.62. The highest BCUT2D eigenvalue weighted by Gasteiger charge is 2.05. The minimum atomic E-state index is -0.329. The number of nitrogens with two attached hydrogens (primary N) is 1. The summed E-state index contributed by atoms with van der Waals surface area (Å²) in [5, 5.41) is 3.00. The Morgan fingerprint density at radius 3 is 2.89 bits per heavy atom. The fraction of sp³-hybridized carbons (Fsp3) is 0.357. The number of amides is 1. The van der Waals surface area contributed by atoms with Gasteiger partial charge in [-0.1, -0.05) is 19.4 Å². The molecule has 1 aromatic carbocycles. The molecular formula is C14H21N3O2. The molecule has 0 aliphatic carbocycles. The third-order valence-electron chi connectivity index (χ3n) is 2.57. The van der Waals surface area contributed by atoms with E-state index in [4.69, 9.17) is 10.6 Å². The molecule has 0 spiro atoms. The molecule has 0 fully saturated rings. The Labute approximate surface area is 113 Å². The maximum atomic E-state index is 11.4. The number of carbonyl (C=O) groups excluding carboxylic acids is 1. The van der Waals surface area contributed by atoms with Crippen LogP contribution in [0.15, 0.2) is 36.0 Å². The lowest BCUT2D eigenvalue weighted by atomic mass is 10.2. The number of hydrogen-bond donors (Lipinski definition) is 3. The number of nitrogen functional groups attached to an aromatic ring is 1. The Bertz CT molecular complexity index is 444. The van der Waals surface area contributed by atoms with E-state index in [2.05, 4.69) is 17.7 Å². The first kappa shape index (κ1) is 15.0. The second kappa shape index (κ2) is 8.16. The zero-order chi connectivity index (χ0) is 14.1. The summed E-state index contributed by atoms with van der Waals surface area (Å²) in [6, 6.07) is 6.94. The highest BCUT2D eigenvalue weighted by atomic mass is 16.5. The SMILES string of the molecule is CCC/C(=C\NC)COc1cccc(C(=O)NN)c1. The Kier molecular flexibility index (Phi) is 6.46. The molecule has 104 valence electrons. The molecule has 0 heterocycles. The number of nitrogens with one attached hydrogen (secondary N) is 2. The van der Waals surface area contributed by atoms with Crippen molar-refractivity contribution in [3.8, 4) is 5.75 Å². The van der Waals surface area contributed by atoms with Gasteiger partial charge in [-0.25, -0.2) is 5.84 Å². The van der Waals surface area contributed by atoms with Gasteiger partial charge < -0.3 is 10.1 Å². The molecule has 1 rings (SSSR count). The van der Waals surface area contributed by atoms with Crippen molar-refractivity contribution in [3.63, 3.8) is 0 Å². The lowest BCUT2D eigenvalue weighted by molar-refractivity contribution is 0.0953. The van der Waals surface area contributed by atoms with Crippen LogP contribution in [0.1, 0.15) is 30.1 Å². The summed E-state index contributed by atoms with van der Waals surface area (Å²) < 4.78 is 5.68. The van der Waals surface area contributed by atoms with Crippen molar-refractivity contribution in [3.05, 3.63) is 41.6 Å². The van der Waals surface area contributed by atoms with Crippen LogP contribution in [0.2, 0.25) is 0 Å². The van der Waals surface area contributed by atoms with Crippen molar-refractivity contribution in [2.75, 3.05) is 13.7 Å². The Morgan fingerprint density at radius 2 is 2.26 bits per heavy atom. The number of benzene rings is 1. The van der Waals surface area contributed by atoms with Gasteiger partial charge in [0.25, 0.3) is 5.91 Å². The van der Waals surface area contributed by atoms with Gasteiger partial charge in [0.1, 0.15) is 12.4 Å². The molecule has 4 N–H and O–H groups in total. The predicted octanol–water partition coefficient (Wildman–Crippen LogP) is 1.57. The molecule has 0 aliphatic rings. The molecule has 1 aromatic rings. The van der Waals surface area contributed by atoms with Crippen LogP contribution in [-0.2, 0) is 0 Å². The standard InChI is InChI=1S/C14H21N3O2/c1-3-5-11(9-16-2)10-19-13-7-4-6-12(8-13)14(18)17-15/h4,6-9,16H,3,5,10,15H2,1-2H3,(H,17,18)/b11-9+. The van der Waals surface area contributed by atoms with E-state index >= 15 is 0 Å².